The average Bonchev–Trinajstić information content (AvgIpc) is 2.63. The summed E-state index contributed by atoms with van der Waals surface area (Å²) in [5.74, 6) is -0.426. The second-order valence-corrected chi connectivity index (χ2v) is 7.02. The number of hydrogen-bond acceptors (Lipinski definition) is 3. The molecule has 0 heterocycles. The van der Waals surface area contributed by atoms with E-state index in [1.54, 1.807) is 0 Å². The van der Waals surface area contributed by atoms with Crippen LogP contribution < -0.4 is 10.1 Å². The topological polar surface area (TPSA) is 58.6 Å². The number of carbonyl (C=O) groups is 2. The zero-order chi connectivity index (χ0) is 20.0. The Bertz CT molecular complexity index is 843. The van der Waals surface area contributed by atoms with E-state index < -0.39 is 0 Å². The van der Waals surface area contributed by atoms with Crippen molar-refractivity contribution in [3.8, 4) is 5.75 Å². The van der Waals surface area contributed by atoms with Gasteiger partial charge in [-0.15, -0.1) is 0 Å². The van der Waals surface area contributed by atoms with Crippen LogP contribution in [0.1, 0.15) is 12.5 Å². The normalized spacial score (nSPS) is 10.4. The molecule has 2 aromatic rings. The van der Waals surface area contributed by atoms with Crippen molar-refractivity contribution in [2.45, 2.75) is 13.3 Å². The Morgan fingerprint density at radius 2 is 1.74 bits per heavy atom. The number of amides is 2. The highest BCUT2D eigenvalue weighted by Gasteiger charge is 2.16. The van der Waals surface area contributed by atoms with Crippen LogP contribution in [0.15, 0.2) is 36.4 Å². The van der Waals surface area contributed by atoms with E-state index in [0.29, 0.717) is 5.02 Å². The molecule has 1 N–H and O–H groups in total. The summed E-state index contributed by atoms with van der Waals surface area (Å²) in [6.07, 6.45) is 0.795. The molecule has 0 atom stereocenters. The molecule has 0 saturated heterocycles. The molecule has 0 aliphatic carbocycles. The van der Waals surface area contributed by atoms with E-state index in [4.69, 9.17) is 39.5 Å². The quantitative estimate of drug-likeness (QED) is 0.650. The fourth-order valence-corrected chi connectivity index (χ4v) is 2.90. The van der Waals surface area contributed by atoms with Gasteiger partial charge in [0, 0.05) is 18.8 Å². The van der Waals surface area contributed by atoms with Crippen LogP contribution in [0, 0.1) is 0 Å². The first-order valence-electron chi connectivity index (χ1n) is 8.20. The largest absolute Gasteiger partial charge is 0.482 e. The van der Waals surface area contributed by atoms with Crippen molar-refractivity contribution in [2.24, 2.45) is 0 Å². The van der Waals surface area contributed by atoms with E-state index >= 15 is 0 Å². The molecule has 2 rings (SSSR count). The second-order valence-electron chi connectivity index (χ2n) is 5.79. The van der Waals surface area contributed by atoms with Crippen LogP contribution >= 0.6 is 34.8 Å². The Hall–Kier alpha value is -1.95. The van der Waals surface area contributed by atoms with Gasteiger partial charge < -0.3 is 15.0 Å². The minimum absolute atomic E-state index is 0.102. The van der Waals surface area contributed by atoms with Crippen LogP contribution in [0.3, 0.4) is 0 Å². The number of likely N-dealkylation sites (N-methyl/N-ethyl adjacent to an activating group) is 1. The summed E-state index contributed by atoms with van der Waals surface area (Å²) in [6.45, 7) is 1.62. The fraction of sp³-hybridized carbons (Fsp3) is 0.263. The van der Waals surface area contributed by atoms with Gasteiger partial charge in [-0.1, -0.05) is 59.9 Å². The lowest BCUT2D eigenvalue weighted by atomic mass is 10.1. The number of para-hydroxylation sites is 1. The molecule has 0 unspecified atom stereocenters. The van der Waals surface area contributed by atoms with Gasteiger partial charge in [0.05, 0.1) is 21.6 Å². The molecule has 0 saturated carbocycles. The molecule has 2 amide bonds. The predicted octanol–water partition coefficient (Wildman–Crippen LogP) is 4.69. The zero-order valence-electron chi connectivity index (χ0n) is 14.9. The Kier molecular flexibility index (Phi) is 7.78. The molecule has 8 heteroatoms. The summed E-state index contributed by atoms with van der Waals surface area (Å²) in [7, 11) is 1.52. The molecule has 0 spiro atoms. The van der Waals surface area contributed by atoms with Gasteiger partial charge in [0.2, 0.25) is 5.91 Å². The molecule has 0 aromatic heterocycles. The summed E-state index contributed by atoms with van der Waals surface area (Å²) < 4.78 is 5.39. The van der Waals surface area contributed by atoms with Crippen LogP contribution in [0.5, 0.6) is 5.75 Å². The molecule has 0 fully saturated rings. The predicted molar refractivity (Wildman–Crippen MR) is 109 cm³/mol. The van der Waals surface area contributed by atoms with Crippen molar-refractivity contribution in [1.82, 2.24) is 4.90 Å². The van der Waals surface area contributed by atoms with Gasteiger partial charge in [0.1, 0.15) is 5.75 Å². The SMILES string of the molecule is CCc1ccccc1NC(=O)CN(C)C(=O)COc1cc(Cl)c(Cl)cc1Cl. The summed E-state index contributed by atoms with van der Waals surface area (Å²) in [5, 5.41) is 3.62. The van der Waals surface area contributed by atoms with E-state index in [9.17, 15) is 9.59 Å². The number of rotatable bonds is 7. The number of ether oxygens (including phenoxy) is 1. The lowest BCUT2D eigenvalue weighted by molar-refractivity contribution is -0.135. The minimum Gasteiger partial charge on any atom is -0.482 e. The molecule has 144 valence electrons. The summed E-state index contributed by atoms with van der Waals surface area (Å²) in [5.41, 5.74) is 1.77. The molecule has 27 heavy (non-hydrogen) atoms. The molecular formula is C19H19Cl3N2O3. The molecule has 0 aliphatic rings. The summed E-state index contributed by atoms with van der Waals surface area (Å²) >= 11 is 17.8. The first kappa shape index (κ1) is 21.4. The van der Waals surface area contributed by atoms with Gasteiger partial charge in [-0.25, -0.2) is 0 Å². The van der Waals surface area contributed by atoms with Gasteiger partial charge in [-0.05, 0) is 24.1 Å². The zero-order valence-corrected chi connectivity index (χ0v) is 17.2. The van der Waals surface area contributed by atoms with E-state index in [1.165, 1.54) is 24.1 Å². The highest BCUT2D eigenvalue weighted by Crippen LogP contribution is 2.33. The third-order valence-corrected chi connectivity index (χ3v) is 4.82. The van der Waals surface area contributed by atoms with Crippen molar-refractivity contribution in [2.75, 3.05) is 25.5 Å². The maximum atomic E-state index is 12.2. The van der Waals surface area contributed by atoms with Crippen molar-refractivity contribution in [3.63, 3.8) is 0 Å². The summed E-state index contributed by atoms with van der Waals surface area (Å²) in [4.78, 5) is 25.7. The van der Waals surface area contributed by atoms with E-state index in [-0.39, 0.29) is 40.8 Å². The molecule has 2 aromatic carbocycles. The van der Waals surface area contributed by atoms with Crippen LogP contribution in [0.4, 0.5) is 5.69 Å². The van der Waals surface area contributed by atoms with Crippen molar-refractivity contribution in [1.29, 1.82) is 0 Å². The third-order valence-electron chi connectivity index (χ3n) is 3.80. The fourth-order valence-electron chi connectivity index (χ4n) is 2.31. The second kappa shape index (κ2) is 9.83. The molecule has 0 aliphatic heterocycles. The number of nitrogens with one attached hydrogen (secondary N) is 1. The van der Waals surface area contributed by atoms with Gasteiger partial charge in [0.25, 0.3) is 5.91 Å². The van der Waals surface area contributed by atoms with Crippen LogP contribution in [0.25, 0.3) is 0 Å². The third kappa shape index (κ3) is 6.03. The lowest BCUT2D eigenvalue weighted by Gasteiger charge is -2.18. The van der Waals surface area contributed by atoms with Gasteiger partial charge in [-0.3, -0.25) is 9.59 Å². The smallest absolute Gasteiger partial charge is 0.260 e. The monoisotopic (exact) mass is 428 g/mol. The molecule has 0 bridgehead atoms. The van der Waals surface area contributed by atoms with E-state index in [0.717, 1.165) is 17.7 Å². The Morgan fingerprint density at radius 1 is 1.07 bits per heavy atom. The number of hydrogen-bond donors (Lipinski definition) is 1. The maximum Gasteiger partial charge on any atom is 0.260 e. The number of anilines is 1. The number of benzene rings is 2. The van der Waals surface area contributed by atoms with Crippen LogP contribution in [-0.4, -0.2) is 36.9 Å². The van der Waals surface area contributed by atoms with Gasteiger partial charge in [-0.2, -0.15) is 0 Å². The number of carbonyl (C=O) groups excluding carboxylic acids is 2. The minimum atomic E-state index is -0.379. The number of halogens is 3. The van der Waals surface area contributed by atoms with Crippen molar-refractivity contribution < 1.29 is 14.3 Å². The highest BCUT2D eigenvalue weighted by atomic mass is 35.5. The van der Waals surface area contributed by atoms with E-state index in [1.807, 2.05) is 31.2 Å². The van der Waals surface area contributed by atoms with Crippen molar-refractivity contribution >= 4 is 52.3 Å². The van der Waals surface area contributed by atoms with Crippen LogP contribution in [-0.2, 0) is 16.0 Å². The highest BCUT2D eigenvalue weighted by molar-refractivity contribution is 6.43. The number of aryl methyl sites for hydroxylation is 1. The molecular weight excluding hydrogens is 411 g/mol. The Labute approximate surface area is 173 Å². The first-order chi connectivity index (χ1) is 12.8. The lowest BCUT2D eigenvalue weighted by Crippen LogP contribution is -2.37. The average molecular weight is 430 g/mol. The van der Waals surface area contributed by atoms with Gasteiger partial charge in [0.15, 0.2) is 6.61 Å². The Balaban J connectivity index is 1.90. The molecule has 5 nitrogen and oxygen atoms in total. The maximum absolute atomic E-state index is 12.2. The van der Waals surface area contributed by atoms with Gasteiger partial charge >= 0.3 is 0 Å². The number of nitrogens with zero attached hydrogens (tertiary/aromatic N) is 1. The van der Waals surface area contributed by atoms with Crippen LogP contribution in [0.2, 0.25) is 15.1 Å². The van der Waals surface area contributed by atoms with Crippen molar-refractivity contribution in [3.05, 3.63) is 57.0 Å². The standard InChI is InChI=1S/C19H19Cl3N2O3/c1-3-12-6-4-5-7-16(12)23-18(25)10-24(2)19(26)11-27-17-9-14(21)13(20)8-15(17)22/h4-9H,3,10-11H2,1-2H3,(H,23,25). The molecule has 0 radical (unpaired) electrons. The Morgan fingerprint density at radius 3 is 2.44 bits per heavy atom. The summed E-state index contributed by atoms with van der Waals surface area (Å²) in [6, 6.07) is 10.4. The first-order valence-corrected chi connectivity index (χ1v) is 9.34. The van der Waals surface area contributed by atoms with E-state index in [2.05, 4.69) is 5.32 Å².